The van der Waals surface area contributed by atoms with Gasteiger partial charge in [-0.3, -0.25) is 0 Å². The Morgan fingerprint density at radius 1 is 0.950 bits per heavy atom. The molecule has 0 saturated heterocycles. The Morgan fingerprint density at radius 3 is 1.85 bits per heavy atom. The quantitative estimate of drug-likeness (QED) is 0.781. The summed E-state index contributed by atoms with van der Waals surface area (Å²) < 4.78 is 0. The van der Waals surface area contributed by atoms with Crippen LogP contribution in [0, 0.1) is 12.3 Å². The van der Waals surface area contributed by atoms with Gasteiger partial charge in [-0.2, -0.15) is 0 Å². The molecule has 0 fully saturated rings. The summed E-state index contributed by atoms with van der Waals surface area (Å²) in [6, 6.07) is 21.0. The standard InChI is InChI=1S/C19H21N/c1-3-15-20-18(4-2)19(16-11-7-5-8-12-16)17-13-9-6-10-14-17/h2,5-14,18-20H,3,15H2,1H3. The first-order valence-corrected chi connectivity index (χ1v) is 7.16. The van der Waals surface area contributed by atoms with Crippen LogP contribution in [0.15, 0.2) is 60.7 Å². The molecule has 20 heavy (non-hydrogen) atoms. The minimum Gasteiger partial charge on any atom is -0.303 e. The molecule has 102 valence electrons. The molecule has 2 aromatic rings. The van der Waals surface area contributed by atoms with Crippen molar-refractivity contribution in [3.8, 4) is 12.3 Å². The molecule has 0 aliphatic heterocycles. The zero-order valence-electron chi connectivity index (χ0n) is 11.9. The molecule has 1 N–H and O–H groups in total. The average molecular weight is 263 g/mol. The third-order valence-corrected chi connectivity index (χ3v) is 3.44. The number of nitrogens with one attached hydrogen (secondary N) is 1. The second kappa shape index (κ2) is 7.53. The van der Waals surface area contributed by atoms with Crippen LogP contribution < -0.4 is 5.32 Å². The van der Waals surface area contributed by atoms with E-state index >= 15 is 0 Å². The molecule has 2 aromatic carbocycles. The van der Waals surface area contributed by atoms with E-state index in [1.165, 1.54) is 11.1 Å². The van der Waals surface area contributed by atoms with E-state index in [0.29, 0.717) is 0 Å². The Kier molecular flexibility index (Phi) is 5.41. The van der Waals surface area contributed by atoms with Crippen molar-refractivity contribution in [2.24, 2.45) is 0 Å². The summed E-state index contributed by atoms with van der Waals surface area (Å²) in [5, 5.41) is 3.48. The second-order valence-corrected chi connectivity index (χ2v) is 4.90. The fourth-order valence-corrected chi connectivity index (χ4v) is 2.47. The van der Waals surface area contributed by atoms with Gasteiger partial charge in [0.15, 0.2) is 0 Å². The molecule has 1 heteroatoms. The molecule has 1 unspecified atom stereocenters. The number of rotatable bonds is 6. The molecular formula is C19H21N. The van der Waals surface area contributed by atoms with Crippen molar-refractivity contribution in [2.45, 2.75) is 25.3 Å². The van der Waals surface area contributed by atoms with Crippen LogP contribution in [0.25, 0.3) is 0 Å². The van der Waals surface area contributed by atoms with E-state index in [4.69, 9.17) is 6.42 Å². The van der Waals surface area contributed by atoms with E-state index in [1.807, 2.05) is 12.1 Å². The second-order valence-electron chi connectivity index (χ2n) is 4.90. The molecule has 2 rings (SSSR count). The summed E-state index contributed by atoms with van der Waals surface area (Å²) in [5.74, 6) is 3.11. The molecule has 0 aliphatic rings. The monoisotopic (exact) mass is 263 g/mol. The van der Waals surface area contributed by atoms with E-state index in [0.717, 1.165) is 13.0 Å². The lowest BCUT2D eigenvalue weighted by Crippen LogP contribution is -2.34. The lowest BCUT2D eigenvalue weighted by atomic mass is 9.85. The van der Waals surface area contributed by atoms with Gasteiger partial charge in [-0.25, -0.2) is 0 Å². The maximum atomic E-state index is 5.78. The highest BCUT2D eigenvalue weighted by molar-refractivity contribution is 5.37. The van der Waals surface area contributed by atoms with E-state index in [1.54, 1.807) is 0 Å². The summed E-state index contributed by atoms with van der Waals surface area (Å²) in [4.78, 5) is 0. The van der Waals surface area contributed by atoms with Gasteiger partial charge < -0.3 is 5.32 Å². The number of hydrogen-bond acceptors (Lipinski definition) is 1. The minimum atomic E-state index is 0.0137. The SMILES string of the molecule is C#CC(NCCC)C(c1ccccc1)c1ccccc1. The lowest BCUT2D eigenvalue weighted by molar-refractivity contribution is 0.552. The molecule has 0 heterocycles. The highest BCUT2D eigenvalue weighted by Crippen LogP contribution is 2.27. The third kappa shape index (κ3) is 3.50. The maximum absolute atomic E-state index is 5.78. The zero-order chi connectivity index (χ0) is 14.2. The van der Waals surface area contributed by atoms with Gasteiger partial charge in [0.1, 0.15) is 0 Å². The van der Waals surface area contributed by atoms with Crippen LogP contribution in [0.1, 0.15) is 30.4 Å². The van der Waals surface area contributed by atoms with Crippen molar-refractivity contribution in [1.29, 1.82) is 0 Å². The molecule has 1 nitrogen and oxygen atoms in total. The Balaban J connectivity index is 2.37. The van der Waals surface area contributed by atoms with Crippen LogP contribution in [-0.4, -0.2) is 12.6 Å². The van der Waals surface area contributed by atoms with E-state index < -0.39 is 0 Å². The fraction of sp³-hybridized carbons (Fsp3) is 0.263. The number of hydrogen-bond donors (Lipinski definition) is 1. The van der Waals surface area contributed by atoms with Crippen molar-refractivity contribution in [1.82, 2.24) is 5.32 Å². The molecule has 0 bridgehead atoms. The van der Waals surface area contributed by atoms with E-state index in [2.05, 4.69) is 66.7 Å². The largest absolute Gasteiger partial charge is 0.303 e. The molecule has 0 aromatic heterocycles. The van der Waals surface area contributed by atoms with Gasteiger partial charge >= 0.3 is 0 Å². The molecule has 0 radical (unpaired) electrons. The predicted octanol–water partition coefficient (Wildman–Crippen LogP) is 3.82. The van der Waals surface area contributed by atoms with Crippen molar-refractivity contribution >= 4 is 0 Å². The maximum Gasteiger partial charge on any atom is 0.0797 e. The van der Waals surface area contributed by atoms with Crippen molar-refractivity contribution < 1.29 is 0 Å². The van der Waals surface area contributed by atoms with Crippen LogP contribution in [0.3, 0.4) is 0 Å². The summed E-state index contributed by atoms with van der Waals surface area (Å²) in [6.07, 6.45) is 6.85. The Bertz CT molecular complexity index is 499. The fourth-order valence-electron chi connectivity index (χ4n) is 2.47. The minimum absolute atomic E-state index is 0.0137. The van der Waals surface area contributed by atoms with Gasteiger partial charge in [0.05, 0.1) is 6.04 Å². The first-order valence-electron chi connectivity index (χ1n) is 7.16. The van der Waals surface area contributed by atoms with Gasteiger partial charge in [0, 0.05) is 5.92 Å². The Labute approximate surface area is 122 Å². The molecule has 0 amide bonds. The summed E-state index contributed by atoms with van der Waals surface area (Å²) in [7, 11) is 0. The van der Waals surface area contributed by atoms with Crippen LogP contribution in [0.4, 0.5) is 0 Å². The lowest BCUT2D eigenvalue weighted by Gasteiger charge is -2.25. The predicted molar refractivity (Wildman–Crippen MR) is 85.6 cm³/mol. The normalized spacial score (nSPS) is 12.1. The van der Waals surface area contributed by atoms with E-state index in [-0.39, 0.29) is 12.0 Å². The van der Waals surface area contributed by atoms with Gasteiger partial charge in [0.25, 0.3) is 0 Å². The molecule has 0 saturated carbocycles. The summed E-state index contributed by atoms with van der Waals surface area (Å²) in [5.41, 5.74) is 2.51. The van der Waals surface area contributed by atoms with Crippen molar-refractivity contribution in [3.05, 3.63) is 71.8 Å². The topological polar surface area (TPSA) is 12.0 Å². The summed E-state index contributed by atoms with van der Waals surface area (Å²) >= 11 is 0. The first-order chi connectivity index (χ1) is 9.86. The van der Waals surface area contributed by atoms with Crippen LogP contribution in [0.2, 0.25) is 0 Å². The van der Waals surface area contributed by atoms with Gasteiger partial charge in [0.2, 0.25) is 0 Å². The van der Waals surface area contributed by atoms with Crippen molar-refractivity contribution in [2.75, 3.05) is 6.54 Å². The van der Waals surface area contributed by atoms with Gasteiger partial charge in [-0.15, -0.1) is 6.42 Å². The van der Waals surface area contributed by atoms with Gasteiger partial charge in [-0.05, 0) is 24.1 Å². The van der Waals surface area contributed by atoms with Crippen LogP contribution in [-0.2, 0) is 0 Å². The van der Waals surface area contributed by atoms with Crippen LogP contribution >= 0.6 is 0 Å². The average Bonchev–Trinajstić information content (AvgIpc) is 2.53. The highest BCUT2D eigenvalue weighted by Gasteiger charge is 2.22. The molecule has 0 aliphatic carbocycles. The number of benzene rings is 2. The van der Waals surface area contributed by atoms with Crippen LogP contribution in [0.5, 0.6) is 0 Å². The first kappa shape index (κ1) is 14.4. The molecule has 0 spiro atoms. The Morgan fingerprint density at radius 2 is 1.45 bits per heavy atom. The van der Waals surface area contributed by atoms with Gasteiger partial charge in [-0.1, -0.05) is 73.5 Å². The number of terminal acetylenes is 1. The molecule has 1 atom stereocenters. The third-order valence-electron chi connectivity index (χ3n) is 3.44. The Hall–Kier alpha value is -2.04. The van der Waals surface area contributed by atoms with Crippen molar-refractivity contribution in [3.63, 3.8) is 0 Å². The summed E-state index contributed by atoms with van der Waals surface area (Å²) in [6.45, 7) is 3.09. The van der Waals surface area contributed by atoms with E-state index in [9.17, 15) is 0 Å². The highest BCUT2D eigenvalue weighted by atomic mass is 14.9. The molecular weight excluding hydrogens is 242 g/mol. The smallest absolute Gasteiger partial charge is 0.0797 e. The zero-order valence-corrected chi connectivity index (χ0v) is 11.9.